The SMILES string of the molecule is CCC(C)(C)C(=O)C(=O)C1CCCCC1C(=O)OC(CCc1ccc(OC)c(OC)c1)c1cccc(NC(=O)CCC(=O)C[C@@H](Cc2ccccc2)[C@H](O)CN(CC(C)C)S(=O)(=O)c2ccc([N+](=O)[O-])cc2)c1. The molecule has 1 aliphatic rings. The maximum Gasteiger partial charge on any atom is 0.310 e. The minimum Gasteiger partial charge on any atom is -0.493 e. The van der Waals surface area contributed by atoms with E-state index in [0.717, 1.165) is 39.7 Å². The Hall–Kier alpha value is -6.30. The highest BCUT2D eigenvalue weighted by Crippen LogP contribution is 2.37. The Balaban J connectivity index is 1.31. The molecule has 0 saturated heterocycles. The molecule has 3 unspecified atom stereocenters. The first-order valence-corrected chi connectivity index (χ1v) is 26.5. The van der Waals surface area contributed by atoms with Crippen LogP contribution in [-0.2, 0) is 51.6 Å². The second-order valence-corrected chi connectivity index (χ2v) is 21.9. The normalized spacial score (nSPS) is 16.2. The van der Waals surface area contributed by atoms with E-state index in [9.17, 15) is 47.6 Å². The summed E-state index contributed by atoms with van der Waals surface area (Å²) in [5.41, 5.74) is 1.53. The lowest BCUT2D eigenvalue weighted by atomic mass is 9.72. The highest BCUT2D eigenvalue weighted by atomic mass is 32.2. The molecule has 0 bridgehead atoms. The summed E-state index contributed by atoms with van der Waals surface area (Å²) in [5.74, 6) is -3.78. The number of nitrogens with one attached hydrogen (secondary N) is 1. The number of anilines is 1. The lowest BCUT2D eigenvalue weighted by molar-refractivity contribution is -0.384. The molecule has 5 rings (SSSR count). The number of aryl methyl sites for hydroxylation is 1. The largest absolute Gasteiger partial charge is 0.493 e. The molecule has 0 aliphatic heterocycles. The predicted molar refractivity (Wildman–Crippen MR) is 276 cm³/mol. The van der Waals surface area contributed by atoms with Crippen molar-refractivity contribution in [2.24, 2.45) is 29.1 Å². The Morgan fingerprint density at radius 3 is 2.14 bits per heavy atom. The van der Waals surface area contributed by atoms with Crippen molar-refractivity contribution in [1.82, 2.24) is 4.31 Å². The number of hydrogen-bond acceptors (Lipinski definition) is 13. The van der Waals surface area contributed by atoms with Crippen molar-refractivity contribution in [1.29, 1.82) is 0 Å². The number of aliphatic hydroxyl groups is 1. The molecule has 1 fully saturated rings. The van der Waals surface area contributed by atoms with Gasteiger partial charge in [-0.3, -0.25) is 34.1 Å². The van der Waals surface area contributed by atoms with Gasteiger partial charge in [-0.1, -0.05) is 96.0 Å². The second kappa shape index (κ2) is 26.6. The Morgan fingerprint density at radius 1 is 0.836 bits per heavy atom. The van der Waals surface area contributed by atoms with Crippen LogP contribution < -0.4 is 14.8 Å². The van der Waals surface area contributed by atoms with Crippen LogP contribution in [0.15, 0.2) is 102 Å². The summed E-state index contributed by atoms with van der Waals surface area (Å²) in [5, 5.41) is 25.9. The zero-order valence-electron chi connectivity index (χ0n) is 43.0. The van der Waals surface area contributed by atoms with Gasteiger partial charge in [-0.15, -0.1) is 0 Å². The van der Waals surface area contributed by atoms with Crippen molar-refractivity contribution in [3.63, 3.8) is 0 Å². The molecule has 0 spiro atoms. The van der Waals surface area contributed by atoms with E-state index in [4.69, 9.17) is 14.2 Å². The van der Waals surface area contributed by atoms with Crippen LogP contribution >= 0.6 is 0 Å². The first-order valence-electron chi connectivity index (χ1n) is 25.0. The van der Waals surface area contributed by atoms with E-state index in [1.54, 1.807) is 51.3 Å². The fourth-order valence-electron chi connectivity index (χ4n) is 9.12. The molecule has 4 aromatic rings. The van der Waals surface area contributed by atoms with Crippen LogP contribution in [0.5, 0.6) is 11.5 Å². The average Bonchev–Trinajstić information content (AvgIpc) is 3.38. The quantitative estimate of drug-likeness (QED) is 0.0234. The number of non-ortho nitro benzene ring substituents is 1. The van der Waals surface area contributed by atoms with Crippen molar-refractivity contribution in [3.05, 3.63) is 124 Å². The fourth-order valence-corrected chi connectivity index (χ4v) is 10.7. The zero-order valence-corrected chi connectivity index (χ0v) is 43.9. The van der Waals surface area contributed by atoms with Gasteiger partial charge < -0.3 is 24.6 Å². The summed E-state index contributed by atoms with van der Waals surface area (Å²) < 4.78 is 46.2. The lowest BCUT2D eigenvalue weighted by Crippen LogP contribution is -2.43. The molecule has 4 aromatic carbocycles. The Labute approximate surface area is 429 Å². The van der Waals surface area contributed by atoms with Crippen molar-refractivity contribution in [2.75, 3.05) is 32.6 Å². The second-order valence-electron chi connectivity index (χ2n) is 20.0. The van der Waals surface area contributed by atoms with Crippen LogP contribution in [0.4, 0.5) is 11.4 Å². The van der Waals surface area contributed by atoms with E-state index in [-0.39, 0.29) is 61.1 Å². The minimum atomic E-state index is -4.22. The molecule has 1 amide bonds. The molecule has 16 nitrogen and oxygen atoms in total. The van der Waals surface area contributed by atoms with Crippen LogP contribution in [0.1, 0.15) is 115 Å². The van der Waals surface area contributed by atoms with Gasteiger partial charge in [0.25, 0.3) is 5.69 Å². The van der Waals surface area contributed by atoms with Gasteiger partial charge in [-0.25, -0.2) is 8.42 Å². The summed E-state index contributed by atoms with van der Waals surface area (Å²) >= 11 is 0. The molecule has 1 aliphatic carbocycles. The van der Waals surface area contributed by atoms with Gasteiger partial charge in [-0.2, -0.15) is 4.31 Å². The number of amides is 1. The molecule has 2 N–H and O–H groups in total. The molecular weight excluding hydrogens is 955 g/mol. The van der Waals surface area contributed by atoms with Gasteiger partial charge in [0.15, 0.2) is 11.5 Å². The predicted octanol–water partition coefficient (Wildman–Crippen LogP) is 9.45. The number of ketones is 3. The minimum absolute atomic E-state index is 0.0345. The van der Waals surface area contributed by atoms with E-state index in [0.29, 0.717) is 67.7 Å². The number of carbonyl (C=O) groups is 5. The van der Waals surface area contributed by atoms with E-state index in [1.165, 1.54) is 7.11 Å². The molecule has 17 heteroatoms. The van der Waals surface area contributed by atoms with Crippen molar-refractivity contribution < 1.29 is 56.6 Å². The number of rotatable bonds is 28. The zero-order chi connectivity index (χ0) is 53.5. The van der Waals surface area contributed by atoms with Gasteiger partial charge in [0.2, 0.25) is 27.5 Å². The van der Waals surface area contributed by atoms with Crippen LogP contribution in [0.2, 0.25) is 0 Å². The van der Waals surface area contributed by atoms with Gasteiger partial charge in [0.05, 0.1) is 36.1 Å². The molecule has 1 saturated carbocycles. The summed E-state index contributed by atoms with van der Waals surface area (Å²) in [6, 6.07) is 26.1. The van der Waals surface area contributed by atoms with Gasteiger partial charge in [0.1, 0.15) is 11.9 Å². The van der Waals surface area contributed by atoms with Gasteiger partial charge in [-0.05, 0) is 103 Å². The molecule has 0 radical (unpaired) electrons. The first kappa shape index (κ1) is 57.6. The summed E-state index contributed by atoms with van der Waals surface area (Å²) in [6.07, 6.45) is 1.04. The number of nitro groups is 1. The van der Waals surface area contributed by atoms with Crippen LogP contribution in [0.3, 0.4) is 0 Å². The average molecular weight is 1030 g/mol. The van der Waals surface area contributed by atoms with E-state index < -0.39 is 73.8 Å². The summed E-state index contributed by atoms with van der Waals surface area (Å²) in [7, 11) is -1.14. The van der Waals surface area contributed by atoms with Crippen molar-refractivity contribution >= 4 is 50.6 Å². The fraction of sp³-hybridized carbons (Fsp3) is 0.482. The highest BCUT2D eigenvalue weighted by molar-refractivity contribution is 7.89. The summed E-state index contributed by atoms with van der Waals surface area (Å²) in [6.45, 7) is 8.66. The first-order chi connectivity index (χ1) is 34.7. The van der Waals surface area contributed by atoms with Crippen molar-refractivity contribution in [3.8, 4) is 11.5 Å². The third-order valence-electron chi connectivity index (χ3n) is 13.7. The number of methoxy groups -OCH3 is 2. The number of sulfonamides is 1. The molecule has 0 aromatic heterocycles. The number of Topliss-reactive ketones (excluding diaryl/α,β-unsaturated/α-hetero) is 3. The lowest BCUT2D eigenvalue weighted by Gasteiger charge is -2.32. The Kier molecular flexibility index (Phi) is 21.0. The van der Waals surface area contributed by atoms with Crippen molar-refractivity contribution in [2.45, 2.75) is 122 Å². The summed E-state index contributed by atoms with van der Waals surface area (Å²) in [4.78, 5) is 78.9. The number of aliphatic hydroxyl groups excluding tert-OH is 1. The van der Waals surface area contributed by atoms with E-state index in [1.807, 2.05) is 63.2 Å². The molecule has 0 heterocycles. The molecule has 5 atom stereocenters. The van der Waals surface area contributed by atoms with E-state index >= 15 is 0 Å². The van der Waals surface area contributed by atoms with Crippen LogP contribution in [0.25, 0.3) is 0 Å². The topological polar surface area (TPSA) is 226 Å². The molecular formula is C56H71N3O13S. The van der Waals surface area contributed by atoms with Crippen LogP contribution in [0, 0.1) is 39.2 Å². The number of nitrogens with zero attached hydrogens (tertiary/aromatic N) is 2. The highest BCUT2D eigenvalue weighted by Gasteiger charge is 2.43. The third kappa shape index (κ3) is 16.1. The monoisotopic (exact) mass is 1030 g/mol. The van der Waals surface area contributed by atoms with Gasteiger partial charge in [0, 0.05) is 61.5 Å². The Bertz CT molecular complexity index is 2650. The maximum absolute atomic E-state index is 14.2. The van der Waals surface area contributed by atoms with Gasteiger partial charge >= 0.3 is 5.97 Å². The number of ether oxygens (including phenoxy) is 3. The number of carbonyl (C=O) groups excluding carboxylic acids is 5. The molecule has 73 heavy (non-hydrogen) atoms. The maximum atomic E-state index is 14.2. The number of hydrogen-bond donors (Lipinski definition) is 2. The standard InChI is InChI=1S/C56H71N3O13S/c1-8-56(4,5)54(64)53(63)46-19-12-13-20-47(46)55(65)72-49(28-21-39-22-29-50(70-6)51(32-39)71-7)40-17-14-18-42(33-40)57-52(62)30-25-44(60)34-41(31-38-15-10-9-11-16-38)48(61)36-58(35-37(2)3)73(68,69)45-26-23-43(24-27-45)59(66)67/h9-11,14-18,22-24,26-27,29,32-33,37,41,46-49,61H,8,12-13,19-21,25,28,30-31,34-36H2,1-7H3,(H,57,62)/t41-,46?,47?,48-,49?/m1/s1. The molecule has 394 valence electrons. The number of nitro benzene ring substituents is 1. The van der Waals surface area contributed by atoms with Crippen LogP contribution in [-0.4, -0.2) is 85.4 Å². The third-order valence-corrected chi connectivity index (χ3v) is 15.6. The Morgan fingerprint density at radius 2 is 1.51 bits per heavy atom. The number of esters is 1. The number of benzene rings is 4. The van der Waals surface area contributed by atoms with E-state index in [2.05, 4.69) is 5.32 Å². The smallest absolute Gasteiger partial charge is 0.310 e.